The predicted octanol–water partition coefficient (Wildman–Crippen LogP) is 1.30. The van der Waals surface area contributed by atoms with Crippen LogP contribution in [0.5, 0.6) is 0 Å². The Morgan fingerprint density at radius 1 is 1.03 bits per heavy atom. The van der Waals surface area contributed by atoms with Crippen LogP contribution in [0.2, 0.25) is 0 Å². The molecule has 0 radical (unpaired) electrons. The van der Waals surface area contributed by atoms with Gasteiger partial charge in [0, 0.05) is 24.6 Å². The molecule has 2 aromatic carbocycles. The van der Waals surface area contributed by atoms with Crippen molar-refractivity contribution < 1.29 is 32.8 Å². The molecule has 4 rings (SSSR count). The number of amides is 5. The third-order valence-electron chi connectivity index (χ3n) is 5.15. The molecule has 2 aliphatic rings. The molecule has 158 valence electrons. The summed E-state index contributed by atoms with van der Waals surface area (Å²) in [6.07, 6.45) is 0.248. The molecule has 0 aliphatic carbocycles. The summed E-state index contributed by atoms with van der Waals surface area (Å²) in [7, 11) is 0. The van der Waals surface area contributed by atoms with Crippen molar-refractivity contribution in [3.63, 3.8) is 0 Å². The molecule has 2 N–H and O–H groups in total. The fraction of sp³-hybridized carbons (Fsp3) is 0.190. The van der Waals surface area contributed by atoms with E-state index >= 15 is 0 Å². The topological polar surface area (TPSA) is 113 Å². The highest BCUT2D eigenvalue weighted by Crippen LogP contribution is 2.29. The Morgan fingerprint density at radius 2 is 1.74 bits per heavy atom. The van der Waals surface area contributed by atoms with Gasteiger partial charge in [0.2, 0.25) is 11.8 Å². The molecule has 8 nitrogen and oxygen atoms in total. The van der Waals surface area contributed by atoms with Gasteiger partial charge in [0.05, 0.1) is 11.1 Å². The number of carbonyl (C=O) groups excluding carboxylic acids is 5. The first-order chi connectivity index (χ1) is 14.7. The molecule has 0 spiro atoms. The molecule has 31 heavy (non-hydrogen) atoms. The Balaban J connectivity index is 1.57. The van der Waals surface area contributed by atoms with Gasteiger partial charge in [-0.2, -0.15) is 0 Å². The summed E-state index contributed by atoms with van der Waals surface area (Å²) in [5.74, 6) is -5.51. The van der Waals surface area contributed by atoms with Crippen LogP contribution in [0, 0.1) is 11.6 Å². The Bertz CT molecular complexity index is 1140. The molecule has 1 atom stereocenters. The van der Waals surface area contributed by atoms with E-state index in [0.29, 0.717) is 11.6 Å². The molecule has 1 unspecified atom stereocenters. The highest BCUT2D eigenvalue weighted by Gasteiger charge is 2.40. The van der Waals surface area contributed by atoms with Crippen LogP contribution < -0.4 is 10.6 Å². The first-order valence-electron chi connectivity index (χ1n) is 9.33. The fourth-order valence-corrected chi connectivity index (χ4v) is 3.73. The number of imide groups is 2. The first-order valence-corrected chi connectivity index (χ1v) is 9.33. The zero-order chi connectivity index (χ0) is 22.3. The van der Waals surface area contributed by atoms with Gasteiger partial charge in [-0.3, -0.25) is 34.6 Å². The minimum atomic E-state index is -1.03. The zero-order valence-electron chi connectivity index (χ0n) is 15.9. The molecule has 10 heteroatoms. The maximum absolute atomic E-state index is 13.3. The minimum Gasteiger partial charge on any atom is -0.322 e. The quantitative estimate of drug-likeness (QED) is 0.717. The first kappa shape index (κ1) is 20.3. The van der Waals surface area contributed by atoms with Gasteiger partial charge < -0.3 is 4.90 Å². The average molecular weight is 427 g/mol. The van der Waals surface area contributed by atoms with Gasteiger partial charge in [0.1, 0.15) is 17.7 Å². The predicted molar refractivity (Wildman–Crippen MR) is 101 cm³/mol. The summed E-state index contributed by atoms with van der Waals surface area (Å²) in [5, 5.41) is 4.21. The number of nitrogens with one attached hydrogen (secondary N) is 2. The summed E-state index contributed by atoms with van der Waals surface area (Å²) in [6, 6.07) is 5.74. The summed E-state index contributed by atoms with van der Waals surface area (Å²) in [4.78, 5) is 62.7. The summed E-state index contributed by atoms with van der Waals surface area (Å²) >= 11 is 0. The Labute approximate surface area is 174 Å². The third-order valence-corrected chi connectivity index (χ3v) is 5.15. The van der Waals surface area contributed by atoms with Gasteiger partial charge in [-0.25, -0.2) is 8.78 Å². The number of hydrogen-bond donors (Lipinski definition) is 2. The second-order valence-electron chi connectivity index (χ2n) is 7.18. The number of hydrogen-bond acceptors (Lipinski definition) is 5. The van der Waals surface area contributed by atoms with E-state index in [1.165, 1.54) is 17.0 Å². The number of piperidine rings is 1. The maximum atomic E-state index is 13.3. The van der Waals surface area contributed by atoms with Crippen LogP contribution in [-0.4, -0.2) is 40.5 Å². The molecule has 2 aliphatic heterocycles. The number of carbonyl (C=O) groups is 5. The van der Waals surface area contributed by atoms with E-state index in [-0.39, 0.29) is 30.5 Å². The standard InChI is InChI=1S/C21H15F2N3O5/c22-12-6-11(7-13(23)8-12)18(28)25-19(29)14-3-1-2-10-9-26(21(31)17(10)14)15-4-5-16(27)24-20(15)30/h1-3,6-8,15H,4-5,9H2,(H,24,27,30)(H,25,28,29). The lowest BCUT2D eigenvalue weighted by molar-refractivity contribution is -0.136. The van der Waals surface area contributed by atoms with Crippen molar-refractivity contribution in [1.29, 1.82) is 0 Å². The van der Waals surface area contributed by atoms with Crippen molar-refractivity contribution in [3.05, 3.63) is 70.3 Å². The van der Waals surface area contributed by atoms with Crippen molar-refractivity contribution >= 4 is 29.5 Å². The van der Waals surface area contributed by atoms with Crippen molar-refractivity contribution in [2.24, 2.45) is 0 Å². The molecule has 5 amide bonds. The van der Waals surface area contributed by atoms with E-state index in [1.807, 2.05) is 5.32 Å². The van der Waals surface area contributed by atoms with Gasteiger partial charge in [-0.15, -0.1) is 0 Å². The highest BCUT2D eigenvalue weighted by molar-refractivity contribution is 6.16. The van der Waals surface area contributed by atoms with Gasteiger partial charge >= 0.3 is 0 Å². The van der Waals surface area contributed by atoms with Crippen LogP contribution in [-0.2, 0) is 16.1 Å². The normalized spacial score (nSPS) is 17.9. The van der Waals surface area contributed by atoms with Gasteiger partial charge in [-0.1, -0.05) is 12.1 Å². The van der Waals surface area contributed by atoms with Gasteiger partial charge in [0.15, 0.2) is 0 Å². The zero-order valence-corrected chi connectivity index (χ0v) is 15.9. The number of nitrogens with zero attached hydrogens (tertiary/aromatic N) is 1. The van der Waals surface area contributed by atoms with E-state index in [0.717, 1.165) is 12.1 Å². The van der Waals surface area contributed by atoms with Gasteiger partial charge in [-0.05, 0) is 30.2 Å². The summed E-state index contributed by atoms with van der Waals surface area (Å²) in [6.45, 7) is 0.0601. The Hall–Kier alpha value is -3.95. The molecule has 0 bridgehead atoms. The monoisotopic (exact) mass is 427 g/mol. The fourth-order valence-electron chi connectivity index (χ4n) is 3.73. The van der Waals surface area contributed by atoms with Crippen molar-refractivity contribution in [2.45, 2.75) is 25.4 Å². The number of fused-ring (bicyclic) bond motifs is 1. The second-order valence-corrected chi connectivity index (χ2v) is 7.18. The molecule has 2 heterocycles. The van der Waals surface area contributed by atoms with E-state index in [2.05, 4.69) is 5.32 Å². The van der Waals surface area contributed by atoms with E-state index < -0.39 is 52.8 Å². The molecule has 2 aromatic rings. The van der Waals surface area contributed by atoms with E-state index in [9.17, 15) is 32.8 Å². The average Bonchev–Trinajstić information content (AvgIpc) is 3.03. The SMILES string of the molecule is O=C1CCC(N2Cc3cccc(C(=O)NC(=O)c4cc(F)cc(F)c4)c3C2=O)C(=O)N1. The third kappa shape index (κ3) is 3.79. The highest BCUT2D eigenvalue weighted by atomic mass is 19.1. The van der Waals surface area contributed by atoms with E-state index in [4.69, 9.17) is 0 Å². The lowest BCUT2D eigenvalue weighted by Crippen LogP contribution is -2.52. The van der Waals surface area contributed by atoms with Crippen molar-refractivity contribution in [3.8, 4) is 0 Å². The van der Waals surface area contributed by atoms with Crippen LogP contribution >= 0.6 is 0 Å². The van der Waals surface area contributed by atoms with Crippen LogP contribution in [0.3, 0.4) is 0 Å². The molecular formula is C21H15F2N3O5. The Morgan fingerprint density at radius 3 is 2.42 bits per heavy atom. The van der Waals surface area contributed by atoms with Crippen LogP contribution in [0.4, 0.5) is 8.78 Å². The molecule has 0 saturated carbocycles. The van der Waals surface area contributed by atoms with E-state index in [1.54, 1.807) is 6.07 Å². The smallest absolute Gasteiger partial charge is 0.258 e. The van der Waals surface area contributed by atoms with Crippen LogP contribution in [0.1, 0.15) is 49.5 Å². The summed E-state index contributed by atoms with van der Waals surface area (Å²) in [5.41, 5.74) is 0.00645. The number of rotatable bonds is 3. The number of halogens is 2. The van der Waals surface area contributed by atoms with Crippen LogP contribution in [0.25, 0.3) is 0 Å². The molecule has 0 aromatic heterocycles. The number of benzene rings is 2. The largest absolute Gasteiger partial charge is 0.322 e. The minimum absolute atomic E-state index is 0.0305. The van der Waals surface area contributed by atoms with Crippen LogP contribution in [0.15, 0.2) is 36.4 Å². The molecule has 1 saturated heterocycles. The van der Waals surface area contributed by atoms with Crippen molar-refractivity contribution in [1.82, 2.24) is 15.5 Å². The maximum Gasteiger partial charge on any atom is 0.258 e. The lowest BCUT2D eigenvalue weighted by atomic mass is 10.0. The summed E-state index contributed by atoms with van der Waals surface area (Å²) < 4.78 is 26.7. The van der Waals surface area contributed by atoms with Crippen molar-refractivity contribution in [2.75, 3.05) is 0 Å². The lowest BCUT2D eigenvalue weighted by Gasteiger charge is -2.29. The Kier molecular flexibility index (Phi) is 5.05. The molecular weight excluding hydrogens is 412 g/mol. The van der Waals surface area contributed by atoms with Gasteiger partial charge in [0.25, 0.3) is 17.7 Å². The molecule has 1 fully saturated rings. The second kappa shape index (κ2) is 7.71.